The molecule has 1 amide bonds. The average Bonchev–Trinajstić information content (AvgIpc) is 3.29. The molecule has 5 rings (SSSR count). The maximum atomic E-state index is 13.7. The van der Waals surface area contributed by atoms with E-state index in [0.29, 0.717) is 45.3 Å². The van der Waals surface area contributed by atoms with E-state index in [2.05, 4.69) is 15.3 Å². The van der Waals surface area contributed by atoms with Crippen LogP contribution in [-0.2, 0) is 23.0 Å². The fraction of sp³-hybridized carbons (Fsp3) is 0.242. The van der Waals surface area contributed by atoms with Crippen LogP contribution in [0.1, 0.15) is 29.9 Å². The van der Waals surface area contributed by atoms with Crippen LogP contribution < -0.4 is 30.8 Å². The van der Waals surface area contributed by atoms with Crippen molar-refractivity contribution in [2.24, 2.45) is 12.8 Å². The zero-order chi connectivity index (χ0) is 33.0. The van der Waals surface area contributed by atoms with E-state index in [9.17, 15) is 14.4 Å². The minimum Gasteiger partial charge on any atom is -0.493 e. The molecule has 238 valence electrons. The number of amides is 1. The number of nitrogens with zero attached hydrogens (tertiary/aromatic N) is 4. The number of pyridine rings is 2. The summed E-state index contributed by atoms with van der Waals surface area (Å²) in [5.41, 5.74) is 6.58. The molecule has 0 aliphatic rings. The number of hydrogen-bond donors (Lipinski definition) is 2. The smallest absolute Gasteiger partial charge is 0.322 e. The van der Waals surface area contributed by atoms with Gasteiger partial charge in [-0.3, -0.25) is 24.0 Å². The first-order chi connectivity index (χ1) is 22.1. The molecule has 0 aliphatic carbocycles. The van der Waals surface area contributed by atoms with Crippen LogP contribution in [0.15, 0.2) is 77.9 Å². The molecule has 5 aromatic rings. The van der Waals surface area contributed by atoms with Crippen molar-refractivity contribution >= 4 is 28.6 Å². The van der Waals surface area contributed by atoms with Gasteiger partial charge in [-0.15, -0.1) is 0 Å². The summed E-state index contributed by atoms with van der Waals surface area (Å²) >= 11 is 0. The summed E-state index contributed by atoms with van der Waals surface area (Å²) in [5.74, 6) is 0.918. The van der Waals surface area contributed by atoms with Crippen molar-refractivity contribution in [3.8, 4) is 28.7 Å². The SMILES string of the molecule is COc1cc2nccc(Oc3ccc(NC(=O)c4c(C[C@H](C)OC(=O)[C@H](C)N)n(C)n(-c5ccccc5)c4=O)nc3)c2cc1OC. The Labute approximate surface area is 264 Å². The van der Waals surface area contributed by atoms with Crippen LogP contribution in [0.5, 0.6) is 23.0 Å². The monoisotopic (exact) mass is 626 g/mol. The molecule has 3 N–H and O–H groups in total. The molecule has 0 saturated heterocycles. The summed E-state index contributed by atoms with van der Waals surface area (Å²) in [5, 5.41) is 3.41. The normalized spacial score (nSPS) is 12.3. The molecule has 46 heavy (non-hydrogen) atoms. The molecule has 3 aromatic heterocycles. The summed E-state index contributed by atoms with van der Waals surface area (Å²) in [6, 6.07) is 16.5. The Morgan fingerprint density at radius 3 is 2.33 bits per heavy atom. The third-order valence-corrected chi connectivity index (χ3v) is 7.20. The fourth-order valence-corrected chi connectivity index (χ4v) is 4.95. The summed E-state index contributed by atoms with van der Waals surface area (Å²) in [6.07, 6.45) is 2.49. The summed E-state index contributed by atoms with van der Waals surface area (Å²) in [6.45, 7) is 3.19. The first-order valence-corrected chi connectivity index (χ1v) is 14.4. The fourth-order valence-electron chi connectivity index (χ4n) is 4.95. The lowest BCUT2D eigenvalue weighted by atomic mass is 10.1. The molecule has 13 nitrogen and oxygen atoms in total. The van der Waals surface area contributed by atoms with Crippen LogP contribution in [0.25, 0.3) is 16.6 Å². The highest BCUT2D eigenvalue weighted by Crippen LogP contribution is 2.36. The molecule has 0 spiro atoms. The number of esters is 1. The number of benzene rings is 2. The quantitative estimate of drug-likeness (QED) is 0.205. The van der Waals surface area contributed by atoms with Crippen LogP contribution in [-0.4, -0.2) is 57.6 Å². The van der Waals surface area contributed by atoms with Gasteiger partial charge in [0.2, 0.25) is 0 Å². The van der Waals surface area contributed by atoms with Crippen LogP contribution in [0.2, 0.25) is 0 Å². The Bertz CT molecular complexity index is 1930. The van der Waals surface area contributed by atoms with Gasteiger partial charge in [-0.25, -0.2) is 9.67 Å². The van der Waals surface area contributed by atoms with Crippen molar-refractivity contribution in [3.63, 3.8) is 0 Å². The Hall–Kier alpha value is -5.69. The summed E-state index contributed by atoms with van der Waals surface area (Å²) in [4.78, 5) is 48.2. The average molecular weight is 627 g/mol. The molecular weight excluding hydrogens is 592 g/mol. The zero-order valence-corrected chi connectivity index (χ0v) is 26.0. The molecule has 2 aromatic carbocycles. The van der Waals surface area contributed by atoms with E-state index >= 15 is 0 Å². The van der Waals surface area contributed by atoms with Crippen LogP contribution in [0, 0.1) is 0 Å². The molecule has 0 bridgehead atoms. The lowest BCUT2D eigenvalue weighted by Gasteiger charge is -2.17. The maximum Gasteiger partial charge on any atom is 0.322 e. The van der Waals surface area contributed by atoms with Crippen molar-refractivity contribution < 1.29 is 28.5 Å². The molecule has 3 heterocycles. The van der Waals surface area contributed by atoms with Crippen molar-refractivity contribution in [2.75, 3.05) is 19.5 Å². The van der Waals surface area contributed by atoms with Gasteiger partial charge in [-0.05, 0) is 50.2 Å². The van der Waals surface area contributed by atoms with Crippen LogP contribution in [0.4, 0.5) is 5.82 Å². The zero-order valence-electron chi connectivity index (χ0n) is 26.0. The predicted octanol–water partition coefficient (Wildman–Crippen LogP) is 4.00. The van der Waals surface area contributed by atoms with Crippen molar-refractivity contribution in [1.82, 2.24) is 19.3 Å². The third kappa shape index (κ3) is 6.54. The second-order valence-corrected chi connectivity index (χ2v) is 10.5. The van der Waals surface area contributed by atoms with E-state index < -0.39 is 29.6 Å². The number of hydrogen-bond acceptors (Lipinski definition) is 10. The van der Waals surface area contributed by atoms with Gasteiger partial charge in [-0.1, -0.05) is 18.2 Å². The maximum absolute atomic E-state index is 13.7. The minimum atomic E-state index is -0.815. The van der Waals surface area contributed by atoms with Gasteiger partial charge in [0.1, 0.15) is 35.0 Å². The topological polar surface area (TPSA) is 162 Å². The number of para-hydroxylation sites is 1. The highest BCUT2D eigenvalue weighted by atomic mass is 16.5. The largest absolute Gasteiger partial charge is 0.493 e. The summed E-state index contributed by atoms with van der Waals surface area (Å²) in [7, 11) is 4.76. The third-order valence-electron chi connectivity index (χ3n) is 7.20. The Balaban J connectivity index is 1.41. The van der Waals surface area contributed by atoms with Gasteiger partial charge in [0.05, 0.1) is 37.3 Å². The van der Waals surface area contributed by atoms with Crippen molar-refractivity contribution in [3.05, 3.63) is 94.7 Å². The molecule has 0 radical (unpaired) electrons. The summed E-state index contributed by atoms with van der Waals surface area (Å²) < 4.78 is 25.3. The minimum absolute atomic E-state index is 0.0868. The Morgan fingerprint density at radius 1 is 0.957 bits per heavy atom. The molecule has 2 atom stereocenters. The number of carbonyl (C=O) groups is 2. The molecule has 0 fully saturated rings. The Morgan fingerprint density at radius 2 is 1.67 bits per heavy atom. The van der Waals surface area contributed by atoms with Crippen molar-refractivity contribution in [2.45, 2.75) is 32.4 Å². The van der Waals surface area contributed by atoms with E-state index in [1.165, 1.54) is 17.8 Å². The van der Waals surface area contributed by atoms with E-state index in [0.717, 1.165) is 0 Å². The van der Waals surface area contributed by atoms with Crippen molar-refractivity contribution in [1.29, 1.82) is 0 Å². The van der Waals surface area contributed by atoms with Gasteiger partial charge in [-0.2, -0.15) is 0 Å². The van der Waals surface area contributed by atoms with Gasteiger partial charge in [0.25, 0.3) is 11.5 Å². The number of nitrogens with two attached hydrogens (primary N) is 1. The number of methoxy groups -OCH3 is 2. The van der Waals surface area contributed by atoms with Gasteiger partial charge >= 0.3 is 5.97 Å². The van der Waals surface area contributed by atoms with E-state index in [4.69, 9.17) is 24.7 Å². The first-order valence-electron chi connectivity index (χ1n) is 14.4. The van der Waals surface area contributed by atoms with Gasteiger partial charge in [0, 0.05) is 31.1 Å². The van der Waals surface area contributed by atoms with Gasteiger partial charge in [0.15, 0.2) is 11.5 Å². The number of anilines is 1. The first kappa shape index (κ1) is 31.7. The predicted molar refractivity (Wildman–Crippen MR) is 171 cm³/mol. The highest BCUT2D eigenvalue weighted by Gasteiger charge is 2.27. The Kier molecular flexibility index (Phi) is 9.33. The number of carbonyl (C=O) groups excluding carboxylic acids is 2. The lowest BCUT2D eigenvalue weighted by Crippen LogP contribution is -2.32. The van der Waals surface area contributed by atoms with Crippen LogP contribution >= 0.6 is 0 Å². The molecule has 0 unspecified atom stereocenters. The second-order valence-electron chi connectivity index (χ2n) is 10.5. The molecule has 0 saturated carbocycles. The number of ether oxygens (including phenoxy) is 4. The standard InChI is InChI=1S/C33H34N6O7/c1-19(45-33(42)20(2)34)15-25-30(32(41)39(38(25)3)21-9-7-6-8-10-21)31(40)37-29-12-11-22(18-36-29)46-26-13-14-35-24-17-28(44-5)27(43-4)16-23(24)26/h6-14,16-20H,15,34H2,1-5H3,(H,36,37,40)/t19-,20-/m0/s1. The second kappa shape index (κ2) is 13.5. The number of rotatable bonds is 11. The molecule has 0 aliphatic heterocycles. The number of aromatic nitrogens is 4. The van der Waals surface area contributed by atoms with E-state index in [1.807, 2.05) is 6.07 Å². The molecular formula is C33H34N6O7. The molecule has 13 heteroatoms. The van der Waals surface area contributed by atoms with E-state index in [1.54, 1.807) is 93.7 Å². The number of nitrogens with one attached hydrogen (secondary N) is 1. The lowest BCUT2D eigenvalue weighted by molar-refractivity contribution is -0.149. The highest BCUT2D eigenvalue weighted by molar-refractivity contribution is 6.04. The van der Waals surface area contributed by atoms with E-state index in [-0.39, 0.29) is 17.8 Å². The number of fused-ring (bicyclic) bond motifs is 1. The van der Waals surface area contributed by atoms with Gasteiger partial charge < -0.3 is 30.0 Å². The van der Waals surface area contributed by atoms with Crippen LogP contribution in [0.3, 0.4) is 0 Å².